The van der Waals surface area contributed by atoms with Gasteiger partial charge in [0.15, 0.2) is 5.82 Å². The van der Waals surface area contributed by atoms with Crippen molar-refractivity contribution in [1.29, 1.82) is 0 Å². The molecule has 2 rings (SSSR count). The zero-order valence-electron chi connectivity index (χ0n) is 10.2. The molecule has 0 radical (unpaired) electrons. The van der Waals surface area contributed by atoms with E-state index in [0.29, 0.717) is 18.1 Å². The molecule has 0 aliphatic rings. The van der Waals surface area contributed by atoms with E-state index in [1.165, 1.54) is 0 Å². The van der Waals surface area contributed by atoms with Crippen molar-refractivity contribution in [3.63, 3.8) is 0 Å². The van der Waals surface area contributed by atoms with Crippen LogP contribution in [0.25, 0.3) is 0 Å². The van der Waals surface area contributed by atoms with E-state index >= 15 is 0 Å². The van der Waals surface area contributed by atoms with Crippen LogP contribution in [-0.2, 0) is 6.54 Å². The van der Waals surface area contributed by atoms with Gasteiger partial charge in [-0.3, -0.25) is 0 Å². The highest BCUT2D eigenvalue weighted by atomic mass is 16.5. The van der Waals surface area contributed by atoms with Gasteiger partial charge in [-0.2, -0.15) is 5.21 Å². The predicted octanol–water partition coefficient (Wildman–Crippen LogP) is 0.765. The summed E-state index contributed by atoms with van der Waals surface area (Å²) in [7, 11) is 1.56. The van der Waals surface area contributed by atoms with Crippen LogP contribution in [0.2, 0.25) is 0 Å². The second kappa shape index (κ2) is 5.46. The van der Waals surface area contributed by atoms with Gasteiger partial charge in [-0.25, -0.2) is 0 Å². The molecule has 0 bridgehead atoms. The van der Waals surface area contributed by atoms with Crippen molar-refractivity contribution in [2.24, 2.45) is 0 Å². The summed E-state index contributed by atoms with van der Waals surface area (Å²) in [5.41, 5.74) is 0.791. The number of tetrazole rings is 1. The molecule has 1 atom stereocenters. The fraction of sp³-hybridized carbons (Fsp3) is 0.364. The number of aromatic amines is 1. The Hall–Kier alpha value is -2.15. The van der Waals surface area contributed by atoms with Crippen LogP contribution in [0.5, 0.6) is 11.5 Å². The molecular weight excluding hydrogens is 234 g/mol. The summed E-state index contributed by atoms with van der Waals surface area (Å²) in [5, 5.41) is 26.6. The molecular formula is C11H15N5O2. The van der Waals surface area contributed by atoms with Crippen molar-refractivity contribution in [1.82, 2.24) is 25.9 Å². The molecule has 1 aromatic carbocycles. The molecule has 7 nitrogen and oxygen atoms in total. The SMILES string of the molecule is COc1ccc(C(C)NCc2nn[nH]n2)c(O)c1. The van der Waals surface area contributed by atoms with E-state index in [4.69, 9.17) is 4.74 Å². The summed E-state index contributed by atoms with van der Waals surface area (Å²) in [5.74, 6) is 1.40. The Kier molecular flexibility index (Phi) is 3.73. The zero-order chi connectivity index (χ0) is 13.0. The van der Waals surface area contributed by atoms with E-state index < -0.39 is 0 Å². The summed E-state index contributed by atoms with van der Waals surface area (Å²) < 4.78 is 5.04. The van der Waals surface area contributed by atoms with Gasteiger partial charge in [-0.1, -0.05) is 11.3 Å². The van der Waals surface area contributed by atoms with Crippen LogP contribution < -0.4 is 10.1 Å². The average Bonchev–Trinajstić information content (AvgIpc) is 2.88. The van der Waals surface area contributed by atoms with E-state index in [-0.39, 0.29) is 11.8 Å². The highest BCUT2D eigenvalue weighted by Crippen LogP contribution is 2.28. The van der Waals surface area contributed by atoms with Gasteiger partial charge >= 0.3 is 0 Å². The number of phenolic OH excluding ortho intramolecular Hbond substituents is 1. The molecule has 0 fully saturated rings. The van der Waals surface area contributed by atoms with E-state index in [1.807, 2.05) is 19.1 Å². The van der Waals surface area contributed by atoms with Gasteiger partial charge in [0.25, 0.3) is 0 Å². The number of aromatic nitrogens is 4. The lowest BCUT2D eigenvalue weighted by Gasteiger charge is -2.15. The third-order valence-electron chi connectivity index (χ3n) is 2.66. The fourth-order valence-corrected chi connectivity index (χ4v) is 1.63. The quantitative estimate of drug-likeness (QED) is 0.724. The highest BCUT2D eigenvalue weighted by Gasteiger charge is 2.11. The van der Waals surface area contributed by atoms with Crippen LogP contribution in [0.15, 0.2) is 18.2 Å². The molecule has 1 unspecified atom stereocenters. The van der Waals surface area contributed by atoms with Crippen LogP contribution in [0.3, 0.4) is 0 Å². The number of rotatable bonds is 5. The molecule has 1 heterocycles. The number of ether oxygens (including phenoxy) is 1. The standard InChI is InChI=1S/C11H15N5O2/c1-7(12-6-11-13-15-16-14-11)9-4-3-8(18-2)5-10(9)17/h3-5,7,12,17H,6H2,1-2H3,(H,13,14,15,16). The van der Waals surface area contributed by atoms with Gasteiger partial charge in [-0.15, -0.1) is 10.2 Å². The number of H-pyrrole nitrogens is 1. The largest absolute Gasteiger partial charge is 0.507 e. The molecule has 96 valence electrons. The number of phenols is 1. The van der Waals surface area contributed by atoms with Crippen LogP contribution in [0.4, 0.5) is 0 Å². The first-order chi connectivity index (χ1) is 8.70. The normalized spacial score (nSPS) is 12.3. The second-order valence-corrected chi connectivity index (χ2v) is 3.86. The third kappa shape index (κ3) is 2.75. The molecule has 7 heteroatoms. The molecule has 0 saturated heterocycles. The zero-order valence-corrected chi connectivity index (χ0v) is 10.2. The van der Waals surface area contributed by atoms with Gasteiger partial charge < -0.3 is 15.2 Å². The molecule has 2 aromatic rings. The molecule has 0 aliphatic heterocycles. The Labute approximate surface area is 104 Å². The molecule has 0 aliphatic carbocycles. The predicted molar refractivity (Wildman–Crippen MR) is 64.1 cm³/mol. The lowest BCUT2D eigenvalue weighted by atomic mass is 10.1. The van der Waals surface area contributed by atoms with Crippen molar-refractivity contribution in [2.45, 2.75) is 19.5 Å². The van der Waals surface area contributed by atoms with Crippen molar-refractivity contribution in [3.8, 4) is 11.5 Å². The van der Waals surface area contributed by atoms with Crippen LogP contribution in [0.1, 0.15) is 24.4 Å². The number of nitrogens with zero attached hydrogens (tertiary/aromatic N) is 3. The molecule has 0 spiro atoms. The smallest absolute Gasteiger partial charge is 0.188 e. The number of aromatic hydroxyl groups is 1. The minimum Gasteiger partial charge on any atom is -0.507 e. The van der Waals surface area contributed by atoms with Crippen LogP contribution in [0, 0.1) is 0 Å². The summed E-state index contributed by atoms with van der Waals surface area (Å²) in [6.07, 6.45) is 0. The van der Waals surface area contributed by atoms with E-state index in [2.05, 4.69) is 25.9 Å². The fourth-order valence-electron chi connectivity index (χ4n) is 1.63. The Morgan fingerprint density at radius 1 is 1.50 bits per heavy atom. The Morgan fingerprint density at radius 2 is 2.33 bits per heavy atom. The number of hydrogen-bond donors (Lipinski definition) is 3. The summed E-state index contributed by atoms with van der Waals surface area (Å²) >= 11 is 0. The van der Waals surface area contributed by atoms with Gasteiger partial charge in [0.2, 0.25) is 0 Å². The van der Waals surface area contributed by atoms with Gasteiger partial charge in [0, 0.05) is 17.7 Å². The van der Waals surface area contributed by atoms with Gasteiger partial charge in [0.1, 0.15) is 11.5 Å². The molecule has 0 amide bonds. The lowest BCUT2D eigenvalue weighted by Crippen LogP contribution is -2.19. The van der Waals surface area contributed by atoms with Crippen LogP contribution >= 0.6 is 0 Å². The summed E-state index contributed by atoms with van der Waals surface area (Å²) in [6.45, 7) is 2.42. The van der Waals surface area contributed by atoms with Crippen molar-refractivity contribution in [2.75, 3.05) is 7.11 Å². The van der Waals surface area contributed by atoms with Gasteiger partial charge in [-0.05, 0) is 13.0 Å². The Balaban J connectivity index is 2.02. The number of benzene rings is 1. The second-order valence-electron chi connectivity index (χ2n) is 3.86. The van der Waals surface area contributed by atoms with E-state index in [0.717, 1.165) is 5.56 Å². The Morgan fingerprint density at radius 3 is 2.94 bits per heavy atom. The minimum absolute atomic E-state index is 0.0330. The average molecular weight is 249 g/mol. The molecule has 3 N–H and O–H groups in total. The number of hydrogen-bond acceptors (Lipinski definition) is 6. The Bertz CT molecular complexity index is 500. The van der Waals surface area contributed by atoms with Crippen molar-refractivity contribution in [3.05, 3.63) is 29.6 Å². The topological polar surface area (TPSA) is 96.0 Å². The first-order valence-corrected chi connectivity index (χ1v) is 5.53. The maximum atomic E-state index is 9.88. The monoisotopic (exact) mass is 249 g/mol. The first kappa shape index (κ1) is 12.3. The highest BCUT2D eigenvalue weighted by molar-refractivity contribution is 5.41. The lowest BCUT2D eigenvalue weighted by molar-refractivity contribution is 0.403. The third-order valence-corrected chi connectivity index (χ3v) is 2.66. The maximum Gasteiger partial charge on any atom is 0.188 e. The van der Waals surface area contributed by atoms with Crippen molar-refractivity contribution < 1.29 is 9.84 Å². The summed E-state index contributed by atoms with van der Waals surface area (Å²) in [4.78, 5) is 0. The molecule has 1 aromatic heterocycles. The number of nitrogens with one attached hydrogen (secondary N) is 2. The van der Waals surface area contributed by atoms with Crippen LogP contribution in [-0.4, -0.2) is 32.8 Å². The van der Waals surface area contributed by atoms with Gasteiger partial charge in [0.05, 0.1) is 13.7 Å². The van der Waals surface area contributed by atoms with E-state index in [1.54, 1.807) is 13.2 Å². The van der Waals surface area contributed by atoms with E-state index in [9.17, 15) is 5.11 Å². The van der Waals surface area contributed by atoms with Crippen molar-refractivity contribution >= 4 is 0 Å². The molecule has 0 saturated carbocycles. The number of methoxy groups -OCH3 is 1. The minimum atomic E-state index is -0.0330. The first-order valence-electron chi connectivity index (χ1n) is 5.53. The summed E-state index contributed by atoms with van der Waals surface area (Å²) in [6, 6.07) is 5.18. The molecule has 18 heavy (non-hydrogen) atoms. The maximum absolute atomic E-state index is 9.88.